The molecule has 68 valence electrons. The first-order chi connectivity index (χ1) is 5.83. The molecule has 2 aliphatic rings. The minimum Gasteiger partial charge on any atom is -0.466 e. The lowest BCUT2D eigenvalue weighted by atomic mass is 10.2. The van der Waals surface area contributed by atoms with Gasteiger partial charge in [0, 0.05) is 6.42 Å². The van der Waals surface area contributed by atoms with Crippen molar-refractivity contribution in [3.63, 3.8) is 0 Å². The van der Waals surface area contributed by atoms with Crippen LogP contribution in [0.25, 0.3) is 0 Å². The zero-order chi connectivity index (χ0) is 8.55. The van der Waals surface area contributed by atoms with Crippen LogP contribution in [0.3, 0.4) is 0 Å². The predicted molar refractivity (Wildman–Crippen MR) is 44.6 cm³/mol. The molecule has 2 fully saturated rings. The highest BCUT2D eigenvalue weighted by molar-refractivity contribution is 5.70. The Morgan fingerprint density at radius 2 is 2.17 bits per heavy atom. The molecule has 0 spiro atoms. The first-order valence-corrected chi connectivity index (χ1v) is 4.69. The fraction of sp³-hybridized carbons (Fsp3) is 0.889. The first kappa shape index (κ1) is 8.05. The van der Waals surface area contributed by atoms with E-state index in [1.807, 2.05) is 6.92 Å². The minimum atomic E-state index is -0.0168. The van der Waals surface area contributed by atoms with Gasteiger partial charge in [0.2, 0.25) is 0 Å². The van der Waals surface area contributed by atoms with Crippen LogP contribution < -0.4 is 5.32 Å². The van der Waals surface area contributed by atoms with E-state index >= 15 is 0 Å². The van der Waals surface area contributed by atoms with E-state index < -0.39 is 0 Å². The van der Waals surface area contributed by atoms with E-state index in [4.69, 9.17) is 4.74 Å². The van der Waals surface area contributed by atoms with Crippen molar-refractivity contribution < 1.29 is 9.53 Å². The summed E-state index contributed by atoms with van der Waals surface area (Å²) >= 11 is 0. The molecule has 1 N–H and O–H groups in total. The number of hydrogen-bond donors (Lipinski definition) is 1. The van der Waals surface area contributed by atoms with Gasteiger partial charge in [0.05, 0.1) is 6.61 Å². The number of esters is 1. The highest BCUT2D eigenvalue weighted by atomic mass is 16.5. The molecule has 0 aromatic heterocycles. The van der Waals surface area contributed by atoms with Crippen LogP contribution in [-0.4, -0.2) is 25.7 Å². The van der Waals surface area contributed by atoms with E-state index in [1.165, 1.54) is 0 Å². The van der Waals surface area contributed by atoms with Crippen LogP contribution in [0.1, 0.15) is 13.3 Å². The summed E-state index contributed by atoms with van der Waals surface area (Å²) in [4.78, 5) is 11.1. The van der Waals surface area contributed by atoms with Crippen molar-refractivity contribution >= 4 is 5.97 Å². The van der Waals surface area contributed by atoms with Gasteiger partial charge in [0.1, 0.15) is 0 Å². The molecule has 3 atom stereocenters. The van der Waals surface area contributed by atoms with Crippen LogP contribution >= 0.6 is 0 Å². The summed E-state index contributed by atoms with van der Waals surface area (Å²) in [7, 11) is 0. The molecule has 12 heavy (non-hydrogen) atoms. The molecule has 0 aromatic rings. The van der Waals surface area contributed by atoms with Crippen molar-refractivity contribution in [1.82, 2.24) is 5.32 Å². The van der Waals surface area contributed by atoms with Crippen LogP contribution in [0, 0.1) is 17.8 Å². The first-order valence-electron chi connectivity index (χ1n) is 4.69. The van der Waals surface area contributed by atoms with Crippen LogP contribution in [0.5, 0.6) is 0 Å². The number of carbonyl (C=O) groups is 1. The minimum absolute atomic E-state index is 0.0168. The second-order valence-electron chi connectivity index (χ2n) is 3.66. The van der Waals surface area contributed by atoms with E-state index in [9.17, 15) is 4.79 Å². The van der Waals surface area contributed by atoms with Gasteiger partial charge in [-0.15, -0.1) is 0 Å². The smallest absolute Gasteiger partial charge is 0.306 e. The molecule has 3 nitrogen and oxygen atoms in total. The molecule has 1 heterocycles. The van der Waals surface area contributed by atoms with Crippen molar-refractivity contribution in [3.8, 4) is 0 Å². The van der Waals surface area contributed by atoms with Crippen molar-refractivity contribution in [3.05, 3.63) is 0 Å². The maximum Gasteiger partial charge on any atom is 0.306 e. The molecule has 0 bridgehead atoms. The number of hydrogen-bond acceptors (Lipinski definition) is 3. The van der Waals surface area contributed by atoms with Gasteiger partial charge in [-0.05, 0) is 37.8 Å². The number of ether oxygens (including phenoxy) is 1. The third kappa shape index (κ3) is 1.33. The Balaban J connectivity index is 1.72. The van der Waals surface area contributed by atoms with E-state index in [2.05, 4.69) is 5.32 Å². The van der Waals surface area contributed by atoms with E-state index in [0.717, 1.165) is 24.9 Å². The Morgan fingerprint density at radius 1 is 1.50 bits per heavy atom. The fourth-order valence-electron chi connectivity index (χ4n) is 2.26. The number of fused-ring (bicyclic) bond motifs is 1. The third-order valence-electron chi connectivity index (χ3n) is 2.98. The standard InChI is InChI=1S/C9H15NO2/c1-2-12-9(11)3-6-7-4-10-5-8(6)7/h6-8,10H,2-5H2,1H3/t6-,7-,8+. The van der Waals surface area contributed by atoms with Gasteiger partial charge in [-0.25, -0.2) is 0 Å². The van der Waals surface area contributed by atoms with Gasteiger partial charge in [0.25, 0.3) is 0 Å². The van der Waals surface area contributed by atoms with Crippen molar-refractivity contribution in [2.45, 2.75) is 13.3 Å². The van der Waals surface area contributed by atoms with Crippen molar-refractivity contribution in [1.29, 1.82) is 0 Å². The molecule has 0 aromatic carbocycles. The molecule has 1 saturated heterocycles. The number of rotatable bonds is 3. The molecule has 1 aliphatic carbocycles. The average molecular weight is 169 g/mol. The lowest BCUT2D eigenvalue weighted by Gasteiger charge is -2.03. The number of carbonyl (C=O) groups excluding carboxylic acids is 1. The maximum atomic E-state index is 11.1. The van der Waals surface area contributed by atoms with Gasteiger partial charge < -0.3 is 10.1 Å². The Bertz CT molecular complexity index is 183. The molecule has 2 rings (SSSR count). The predicted octanol–water partition coefficient (Wildman–Crippen LogP) is 0.405. The summed E-state index contributed by atoms with van der Waals surface area (Å²) in [5.41, 5.74) is 0. The summed E-state index contributed by atoms with van der Waals surface area (Å²) in [6.45, 7) is 4.58. The molecular weight excluding hydrogens is 154 g/mol. The third-order valence-corrected chi connectivity index (χ3v) is 2.98. The largest absolute Gasteiger partial charge is 0.466 e. The molecule has 3 heteroatoms. The van der Waals surface area contributed by atoms with Crippen LogP contribution in [-0.2, 0) is 9.53 Å². The van der Waals surface area contributed by atoms with Gasteiger partial charge in [-0.2, -0.15) is 0 Å². The molecule has 1 aliphatic heterocycles. The number of piperidine rings is 1. The average Bonchev–Trinajstić information content (AvgIpc) is 2.51. The topological polar surface area (TPSA) is 38.3 Å². The van der Waals surface area contributed by atoms with Gasteiger partial charge >= 0.3 is 5.97 Å². The van der Waals surface area contributed by atoms with Crippen molar-refractivity contribution in [2.75, 3.05) is 19.7 Å². The van der Waals surface area contributed by atoms with E-state index in [0.29, 0.717) is 18.9 Å². The van der Waals surface area contributed by atoms with Gasteiger partial charge in [-0.1, -0.05) is 0 Å². The Hall–Kier alpha value is -0.570. The van der Waals surface area contributed by atoms with Crippen LogP contribution in [0.2, 0.25) is 0 Å². The van der Waals surface area contributed by atoms with E-state index in [1.54, 1.807) is 0 Å². The second-order valence-corrected chi connectivity index (χ2v) is 3.66. The lowest BCUT2D eigenvalue weighted by Crippen LogP contribution is -2.16. The summed E-state index contributed by atoms with van der Waals surface area (Å²) in [5, 5.41) is 3.30. The lowest BCUT2D eigenvalue weighted by molar-refractivity contribution is -0.143. The fourth-order valence-corrected chi connectivity index (χ4v) is 2.26. The monoisotopic (exact) mass is 169 g/mol. The highest BCUT2D eigenvalue weighted by Gasteiger charge is 2.53. The van der Waals surface area contributed by atoms with Gasteiger partial charge in [0.15, 0.2) is 0 Å². The molecule has 0 amide bonds. The van der Waals surface area contributed by atoms with Crippen molar-refractivity contribution in [2.24, 2.45) is 17.8 Å². The summed E-state index contributed by atoms with van der Waals surface area (Å²) in [6.07, 6.45) is 0.644. The normalized spacial score (nSPS) is 37.6. The molecule has 0 unspecified atom stereocenters. The Labute approximate surface area is 72.5 Å². The van der Waals surface area contributed by atoms with Crippen LogP contribution in [0.15, 0.2) is 0 Å². The summed E-state index contributed by atoms with van der Waals surface area (Å²) < 4.78 is 4.90. The number of nitrogens with one attached hydrogen (secondary N) is 1. The zero-order valence-corrected chi connectivity index (χ0v) is 7.38. The van der Waals surface area contributed by atoms with Gasteiger partial charge in [-0.3, -0.25) is 4.79 Å². The molecular formula is C9H15NO2. The maximum absolute atomic E-state index is 11.1. The highest BCUT2D eigenvalue weighted by Crippen LogP contribution is 2.50. The zero-order valence-electron chi connectivity index (χ0n) is 7.38. The second kappa shape index (κ2) is 3.05. The molecule has 1 saturated carbocycles. The summed E-state index contributed by atoms with van der Waals surface area (Å²) in [5.74, 6) is 2.16. The summed E-state index contributed by atoms with van der Waals surface area (Å²) in [6, 6.07) is 0. The quantitative estimate of drug-likeness (QED) is 0.622. The Kier molecular flexibility index (Phi) is 2.05. The Morgan fingerprint density at radius 3 is 2.75 bits per heavy atom. The van der Waals surface area contributed by atoms with Crippen LogP contribution in [0.4, 0.5) is 0 Å². The molecule has 0 radical (unpaired) electrons. The SMILES string of the molecule is CCOC(=O)C[C@H]1[C@@H]2CNC[C@@H]21. The van der Waals surface area contributed by atoms with E-state index in [-0.39, 0.29) is 5.97 Å².